The lowest BCUT2D eigenvalue weighted by molar-refractivity contribution is -0.384. The minimum Gasteiger partial charge on any atom is -0.258 e. The molecule has 2 rings (SSSR count). The Hall–Kier alpha value is -2.42. The predicted molar refractivity (Wildman–Crippen MR) is 79.0 cm³/mol. The number of nitrogens with zero attached hydrogens (tertiary/aromatic N) is 2. The van der Waals surface area contributed by atoms with Crippen LogP contribution < -0.4 is 0 Å². The van der Waals surface area contributed by atoms with Crippen LogP contribution in [-0.2, 0) is 15.9 Å². The molecule has 1 atom stereocenters. The molecule has 23 heavy (non-hydrogen) atoms. The van der Waals surface area contributed by atoms with Gasteiger partial charge in [-0.05, 0) is 24.3 Å². The van der Waals surface area contributed by atoms with Gasteiger partial charge in [0, 0.05) is 17.2 Å². The lowest BCUT2D eigenvalue weighted by atomic mass is 10.1. The average Bonchev–Trinajstić information content (AvgIpc) is 2.46. The fraction of sp³-hybridized carbons (Fsp3) is 0.143. The van der Waals surface area contributed by atoms with E-state index in [0.29, 0.717) is 17.0 Å². The van der Waals surface area contributed by atoms with E-state index in [1.165, 1.54) is 18.4 Å². The van der Waals surface area contributed by atoms with Gasteiger partial charge in [0.05, 0.1) is 20.2 Å². The van der Waals surface area contributed by atoms with E-state index in [2.05, 4.69) is 4.36 Å². The summed E-state index contributed by atoms with van der Waals surface area (Å²) < 4.78 is 54.4. The van der Waals surface area contributed by atoms with E-state index in [-0.39, 0.29) is 5.69 Å². The van der Waals surface area contributed by atoms with Crippen molar-refractivity contribution in [2.24, 2.45) is 4.36 Å². The average molecular weight is 344 g/mol. The molecular weight excluding hydrogens is 333 g/mol. The van der Waals surface area contributed by atoms with E-state index in [4.69, 9.17) is 0 Å². The van der Waals surface area contributed by atoms with Crippen LogP contribution in [0.3, 0.4) is 0 Å². The number of hydrogen-bond acceptors (Lipinski definition) is 4. The van der Waals surface area contributed by atoms with E-state index < -0.39 is 32.1 Å². The van der Waals surface area contributed by atoms with Crippen LogP contribution in [0.5, 0.6) is 0 Å². The Balaban J connectivity index is 2.62. The van der Waals surface area contributed by atoms with E-state index in [1.54, 1.807) is 18.2 Å². The molecule has 0 fully saturated rings. The van der Waals surface area contributed by atoms with Gasteiger partial charge in [0.15, 0.2) is 5.69 Å². The normalized spacial score (nSPS) is 14.1. The molecule has 2 aromatic rings. The smallest absolute Gasteiger partial charge is 0.258 e. The second-order valence-electron chi connectivity index (χ2n) is 4.67. The first kappa shape index (κ1) is 16.9. The Kier molecular flexibility index (Phi) is 4.42. The van der Waals surface area contributed by atoms with Crippen LogP contribution in [0.4, 0.5) is 24.5 Å². The van der Waals surface area contributed by atoms with E-state index in [1.807, 2.05) is 0 Å². The molecule has 0 aliphatic rings. The Morgan fingerprint density at radius 2 is 1.74 bits per heavy atom. The van der Waals surface area contributed by atoms with E-state index in [9.17, 15) is 27.5 Å². The molecule has 0 spiro atoms. The van der Waals surface area contributed by atoms with Crippen LogP contribution in [0, 0.1) is 10.1 Å². The van der Waals surface area contributed by atoms with Crippen molar-refractivity contribution in [3.05, 3.63) is 64.2 Å². The summed E-state index contributed by atoms with van der Waals surface area (Å²) in [5.41, 5.74) is -2.37. The summed E-state index contributed by atoms with van der Waals surface area (Å²) >= 11 is 0. The first-order chi connectivity index (χ1) is 10.6. The number of rotatable bonds is 3. The minimum absolute atomic E-state index is 0.328. The first-order valence-electron chi connectivity index (χ1n) is 6.24. The molecule has 0 heterocycles. The third-order valence-corrected chi connectivity index (χ3v) is 4.64. The molecule has 0 saturated heterocycles. The van der Waals surface area contributed by atoms with Crippen LogP contribution in [0.1, 0.15) is 5.56 Å². The largest absolute Gasteiger partial charge is 0.416 e. The lowest BCUT2D eigenvalue weighted by Crippen LogP contribution is -2.05. The summed E-state index contributed by atoms with van der Waals surface area (Å²) in [6.07, 6.45) is -3.44. The molecule has 0 radical (unpaired) electrons. The Morgan fingerprint density at radius 3 is 2.26 bits per heavy atom. The Labute approximate surface area is 130 Å². The highest BCUT2D eigenvalue weighted by Gasteiger charge is 2.33. The first-order valence-corrected chi connectivity index (χ1v) is 8.16. The van der Waals surface area contributed by atoms with E-state index >= 15 is 0 Å². The molecule has 122 valence electrons. The monoisotopic (exact) mass is 344 g/mol. The van der Waals surface area contributed by atoms with Gasteiger partial charge in [-0.15, -0.1) is 0 Å². The zero-order valence-corrected chi connectivity index (χ0v) is 12.6. The molecule has 0 saturated carbocycles. The van der Waals surface area contributed by atoms with Crippen molar-refractivity contribution in [1.29, 1.82) is 0 Å². The molecule has 0 amide bonds. The van der Waals surface area contributed by atoms with Gasteiger partial charge < -0.3 is 0 Å². The summed E-state index contributed by atoms with van der Waals surface area (Å²) in [4.78, 5) is 10.4. The quantitative estimate of drug-likeness (QED) is 0.612. The van der Waals surface area contributed by atoms with Crippen LogP contribution in [-0.4, -0.2) is 15.4 Å². The molecule has 1 unspecified atom stereocenters. The van der Waals surface area contributed by atoms with Gasteiger partial charge >= 0.3 is 6.18 Å². The van der Waals surface area contributed by atoms with Crippen molar-refractivity contribution >= 4 is 21.1 Å². The van der Waals surface area contributed by atoms with Gasteiger partial charge in [0.25, 0.3) is 5.69 Å². The van der Waals surface area contributed by atoms with Crippen LogP contribution in [0.2, 0.25) is 0 Å². The van der Waals surface area contributed by atoms with Gasteiger partial charge in [0.1, 0.15) is 0 Å². The zero-order valence-electron chi connectivity index (χ0n) is 11.8. The number of halogens is 3. The summed E-state index contributed by atoms with van der Waals surface area (Å²) in [6, 6.07) is 9.91. The van der Waals surface area contributed by atoms with Gasteiger partial charge in [0.2, 0.25) is 0 Å². The SMILES string of the molecule is CS(=O)(=Nc1ccc(C(F)(F)F)cc1[N+](=O)[O-])c1ccccc1. The maximum atomic E-state index is 12.7. The summed E-state index contributed by atoms with van der Waals surface area (Å²) in [5.74, 6) is 0. The van der Waals surface area contributed by atoms with Gasteiger partial charge in [-0.3, -0.25) is 10.1 Å². The van der Waals surface area contributed by atoms with Crippen molar-refractivity contribution in [2.75, 3.05) is 6.26 Å². The van der Waals surface area contributed by atoms with Crippen LogP contribution in [0.25, 0.3) is 0 Å². The molecular formula is C14H11F3N2O3S. The molecule has 0 bridgehead atoms. The number of nitro benzene ring substituents is 1. The van der Waals surface area contributed by atoms with Crippen LogP contribution >= 0.6 is 0 Å². The molecule has 0 aliphatic heterocycles. The molecule has 9 heteroatoms. The minimum atomic E-state index is -4.71. The topological polar surface area (TPSA) is 72.6 Å². The highest BCUT2D eigenvalue weighted by Crippen LogP contribution is 2.37. The standard InChI is InChI=1S/C14H11F3N2O3S/c1-23(22,11-5-3-2-4-6-11)18-12-8-7-10(14(15,16)17)9-13(12)19(20)21/h2-9H,1H3. The number of hydrogen-bond donors (Lipinski definition) is 0. The molecule has 0 aliphatic carbocycles. The molecule has 5 nitrogen and oxygen atoms in total. The Morgan fingerprint density at radius 1 is 1.13 bits per heavy atom. The summed E-state index contributed by atoms with van der Waals surface area (Å²) in [7, 11) is -3.03. The maximum absolute atomic E-state index is 12.7. The fourth-order valence-electron chi connectivity index (χ4n) is 1.84. The molecule has 0 aromatic heterocycles. The number of benzene rings is 2. The highest BCUT2D eigenvalue weighted by molar-refractivity contribution is 7.93. The van der Waals surface area contributed by atoms with Gasteiger partial charge in [-0.1, -0.05) is 18.2 Å². The zero-order chi connectivity index (χ0) is 17.3. The van der Waals surface area contributed by atoms with Crippen molar-refractivity contribution in [3.63, 3.8) is 0 Å². The number of nitro groups is 1. The van der Waals surface area contributed by atoms with Crippen molar-refractivity contribution < 1.29 is 22.3 Å². The Bertz CT molecular complexity index is 857. The highest BCUT2D eigenvalue weighted by atomic mass is 32.2. The molecule has 0 N–H and O–H groups in total. The maximum Gasteiger partial charge on any atom is 0.416 e. The van der Waals surface area contributed by atoms with Crippen molar-refractivity contribution in [3.8, 4) is 0 Å². The van der Waals surface area contributed by atoms with E-state index in [0.717, 1.165) is 6.07 Å². The number of alkyl halides is 3. The fourth-order valence-corrected chi connectivity index (χ4v) is 3.13. The van der Waals surface area contributed by atoms with Crippen molar-refractivity contribution in [2.45, 2.75) is 11.1 Å². The third kappa shape index (κ3) is 3.86. The second-order valence-corrected chi connectivity index (χ2v) is 6.92. The lowest BCUT2D eigenvalue weighted by Gasteiger charge is -2.08. The van der Waals surface area contributed by atoms with Crippen molar-refractivity contribution in [1.82, 2.24) is 0 Å². The van der Waals surface area contributed by atoms with Gasteiger partial charge in [-0.2, -0.15) is 17.5 Å². The predicted octanol–water partition coefficient (Wildman–Crippen LogP) is 4.40. The van der Waals surface area contributed by atoms with Gasteiger partial charge in [-0.25, -0.2) is 4.21 Å². The van der Waals surface area contributed by atoms with Crippen LogP contribution in [0.15, 0.2) is 57.8 Å². The molecule has 2 aromatic carbocycles. The summed E-state index contributed by atoms with van der Waals surface area (Å²) in [6.45, 7) is 0. The summed E-state index contributed by atoms with van der Waals surface area (Å²) in [5, 5.41) is 11.0. The second kappa shape index (κ2) is 5.99. The third-order valence-electron chi connectivity index (χ3n) is 2.95.